The number of alkyl halides is 1. The van der Waals surface area contributed by atoms with E-state index in [0.29, 0.717) is 6.61 Å². The topological polar surface area (TPSA) is 18.5 Å². The van der Waals surface area contributed by atoms with Crippen LogP contribution in [0.5, 0.6) is 11.5 Å². The zero-order chi connectivity index (χ0) is 12.7. The monoisotopic (exact) mass is 300 g/mol. The van der Waals surface area contributed by atoms with Crippen molar-refractivity contribution in [2.45, 2.75) is 27.2 Å². The van der Waals surface area contributed by atoms with Crippen LogP contribution in [0.2, 0.25) is 0 Å². The Balaban J connectivity index is 2.63. The number of benzene rings is 1. The molecule has 0 aliphatic heterocycles. The van der Waals surface area contributed by atoms with Crippen molar-refractivity contribution in [1.29, 1.82) is 0 Å². The lowest BCUT2D eigenvalue weighted by Crippen LogP contribution is -2.23. The van der Waals surface area contributed by atoms with E-state index in [1.54, 1.807) is 0 Å². The average molecular weight is 301 g/mol. The first-order valence-corrected chi connectivity index (χ1v) is 7.12. The van der Waals surface area contributed by atoms with Crippen molar-refractivity contribution in [2.75, 3.05) is 18.5 Å². The maximum absolute atomic E-state index is 5.83. The molecule has 0 N–H and O–H groups in total. The van der Waals surface area contributed by atoms with Crippen molar-refractivity contribution < 1.29 is 9.47 Å². The first-order valence-electron chi connectivity index (χ1n) is 5.99. The van der Waals surface area contributed by atoms with E-state index in [0.717, 1.165) is 29.9 Å². The van der Waals surface area contributed by atoms with Crippen LogP contribution in [-0.4, -0.2) is 18.5 Å². The van der Waals surface area contributed by atoms with E-state index in [4.69, 9.17) is 9.47 Å². The first-order chi connectivity index (χ1) is 8.09. The van der Waals surface area contributed by atoms with Crippen molar-refractivity contribution in [3.8, 4) is 11.5 Å². The van der Waals surface area contributed by atoms with Gasteiger partial charge in [0.1, 0.15) is 0 Å². The van der Waals surface area contributed by atoms with Gasteiger partial charge in [-0.1, -0.05) is 48.8 Å². The van der Waals surface area contributed by atoms with Crippen molar-refractivity contribution in [1.82, 2.24) is 0 Å². The second kappa shape index (κ2) is 6.90. The predicted octanol–water partition coefficient (Wildman–Crippen LogP) is 4.28. The summed E-state index contributed by atoms with van der Waals surface area (Å²) < 4.78 is 11.5. The molecule has 17 heavy (non-hydrogen) atoms. The van der Waals surface area contributed by atoms with Gasteiger partial charge in [0.05, 0.1) is 13.2 Å². The van der Waals surface area contributed by atoms with E-state index in [1.807, 2.05) is 24.3 Å². The Morgan fingerprint density at radius 3 is 2.24 bits per heavy atom. The van der Waals surface area contributed by atoms with Gasteiger partial charge in [0.15, 0.2) is 11.5 Å². The molecule has 3 heteroatoms. The lowest BCUT2D eigenvalue weighted by Gasteiger charge is -2.22. The zero-order valence-corrected chi connectivity index (χ0v) is 12.4. The summed E-state index contributed by atoms with van der Waals surface area (Å²) in [4.78, 5) is 0. The summed E-state index contributed by atoms with van der Waals surface area (Å²) >= 11 is 3.49. The van der Waals surface area contributed by atoms with Crippen molar-refractivity contribution in [3.05, 3.63) is 24.3 Å². The fraction of sp³-hybridized carbons (Fsp3) is 0.571. The van der Waals surface area contributed by atoms with Gasteiger partial charge in [-0.2, -0.15) is 0 Å². The van der Waals surface area contributed by atoms with Gasteiger partial charge in [0.2, 0.25) is 0 Å². The molecular weight excluding hydrogens is 280 g/mol. The predicted molar refractivity (Wildman–Crippen MR) is 75.3 cm³/mol. The molecule has 0 unspecified atom stereocenters. The zero-order valence-electron chi connectivity index (χ0n) is 10.8. The van der Waals surface area contributed by atoms with Crippen LogP contribution >= 0.6 is 15.9 Å². The third-order valence-electron chi connectivity index (χ3n) is 2.29. The summed E-state index contributed by atoms with van der Waals surface area (Å²) in [7, 11) is 0. The van der Waals surface area contributed by atoms with Crippen LogP contribution in [0.15, 0.2) is 24.3 Å². The molecule has 0 amide bonds. The molecule has 0 saturated heterocycles. The lowest BCUT2D eigenvalue weighted by atomic mass is 9.98. The normalized spacial score (nSPS) is 11.3. The molecule has 0 radical (unpaired) electrons. The summed E-state index contributed by atoms with van der Waals surface area (Å²) in [6, 6.07) is 7.84. The van der Waals surface area contributed by atoms with E-state index < -0.39 is 0 Å². The number of halogens is 1. The maximum atomic E-state index is 5.83. The molecule has 0 fully saturated rings. The van der Waals surface area contributed by atoms with Crippen LogP contribution in [0.3, 0.4) is 0 Å². The van der Waals surface area contributed by atoms with Gasteiger partial charge in [0.25, 0.3) is 0 Å². The maximum Gasteiger partial charge on any atom is 0.161 e. The minimum Gasteiger partial charge on any atom is -0.490 e. The quantitative estimate of drug-likeness (QED) is 0.700. The fourth-order valence-electron chi connectivity index (χ4n) is 1.21. The Hall–Kier alpha value is -0.700. The van der Waals surface area contributed by atoms with Crippen molar-refractivity contribution in [2.24, 2.45) is 5.41 Å². The Morgan fingerprint density at radius 2 is 1.71 bits per heavy atom. The number of hydrogen-bond acceptors (Lipinski definition) is 2. The summed E-state index contributed by atoms with van der Waals surface area (Å²) in [5.74, 6) is 1.66. The van der Waals surface area contributed by atoms with Crippen LogP contribution in [0.1, 0.15) is 27.2 Å². The molecule has 1 aromatic rings. The van der Waals surface area contributed by atoms with Gasteiger partial charge in [-0.15, -0.1) is 0 Å². The highest BCUT2D eigenvalue weighted by molar-refractivity contribution is 9.09. The molecule has 0 bridgehead atoms. The second-order valence-electron chi connectivity index (χ2n) is 4.88. The van der Waals surface area contributed by atoms with E-state index in [-0.39, 0.29) is 5.41 Å². The summed E-state index contributed by atoms with van der Waals surface area (Å²) in [6.45, 7) is 7.82. The number of rotatable bonds is 7. The molecular formula is C14H21BrO2. The first kappa shape index (κ1) is 14.4. The fourth-order valence-corrected chi connectivity index (χ4v) is 1.37. The van der Waals surface area contributed by atoms with Gasteiger partial charge < -0.3 is 9.47 Å². The van der Waals surface area contributed by atoms with Crippen LogP contribution in [0.4, 0.5) is 0 Å². The Bertz CT molecular complexity index is 337. The highest BCUT2D eigenvalue weighted by Crippen LogP contribution is 2.29. The molecule has 0 spiro atoms. The van der Waals surface area contributed by atoms with Gasteiger partial charge in [-0.05, 0) is 18.6 Å². The molecule has 0 aromatic heterocycles. The van der Waals surface area contributed by atoms with Crippen molar-refractivity contribution >= 4 is 15.9 Å². The molecule has 0 aliphatic rings. The van der Waals surface area contributed by atoms with E-state index in [1.165, 1.54) is 0 Å². The third kappa shape index (κ3) is 4.99. The lowest BCUT2D eigenvalue weighted by molar-refractivity contribution is 0.192. The van der Waals surface area contributed by atoms with E-state index >= 15 is 0 Å². The molecule has 2 nitrogen and oxygen atoms in total. The minimum absolute atomic E-state index is 0.123. The SMILES string of the molecule is CCCOc1ccccc1OCC(C)(C)CBr. The molecule has 96 valence electrons. The Labute approximate surface area is 112 Å². The number of ether oxygens (including phenoxy) is 2. The van der Waals surface area contributed by atoms with Gasteiger partial charge in [-0.25, -0.2) is 0 Å². The highest BCUT2D eigenvalue weighted by Gasteiger charge is 2.18. The summed E-state index contributed by atoms with van der Waals surface area (Å²) in [6.07, 6.45) is 1.00. The number of para-hydroxylation sites is 2. The average Bonchev–Trinajstić information content (AvgIpc) is 2.35. The van der Waals surface area contributed by atoms with Gasteiger partial charge >= 0.3 is 0 Å². The van der Waals surface area contributed by atoms with Crippen LogP contribution in [0.25, 0.3) is 0 Å². The van der Waals surface area contributed by atoms with E-state index in [2.05, 4.69) is 36.7 Å². The summed E-state index contributed by atoms with van der Waals surface area (Å²) in [5.41, 5.74) is 0.123. The third-order valence-corrected chi connectivity index (χ3v) is 3.81. The largest absolute Gasteiger partial charge is 0.490 e. The molecule has 0 aliphatic carbocycles. The standard InChI is InChI=1S/C14H21BrO2/c1-4-9-16-12-7-5-6-8-13(12)17-11-14(2,3)10-15/h5-8H,4,9-11H2,1-3H3. The molecule has 1 rings (SSSR count). The Morgan fingerprint density at radius 1 is 1.12 bits per heavy atom. The van der Waals surface area contributed by atoms with Crippen LogP contribution < -0.4 is 9.47 Å². The number of hydrogen-bond donors (Lipinski definition) is 0. The minimum atomic E-state index is 0.123. The smallest absolute Gasteiger partial charge is 0.161 e. The van der Waals surface area contributed by atoms with Crippen molar-refractivity contribution in [3.63, 3.8) is 0 Å². The second-order valence-corrected chi connectivity index (χ2v) is 5.44. The summed E-state index contributed by atoms with van der Waals surface area (Å²) in [5, 5.41) is 0.915. The molecule has 0 heterocycles. The Kier molecular flexibility index (Phi) is 5.83. The van der Waals surface area contributed by atoms with Gasteiger partial charge in [0, 0.05) is 10.7 Å². The highest BCUT2D eigenvalue weighted by atomic mass is 79.9. The van der Waals surface area contributed by atoms with Gasteiger partial charge in [-0.3, -0.25) is 0 Å². The van der Waals surface area contributed by atoms with Crippen LogP contribution in [-0.2, 0) is 0 Å². The van der Waals surface area contributed by atoms with Crippen LogP contribution in [0, 0.1) is 5.41 Å². The molecule has 1 aromatic carbocycles. The molecule has 0 atom stereocenters. The van der Waals surface area contributed by atoms with E-state index in [9.17, 15) is 0 Å². The molecule has 0 saturated carbocycles.